The Hall–Kier alpha value is -3.39. The van der Waals surface area contributed by atoms with Crippen molar-refractivity contribution in [2.45, 2.75) is 57.8 Å². The molecule has 3 aliphatic rings. The molecule has 0 atom stereocenters. The van der Waals surface area contributed by atoms with Crippen LogP contribution in [-0.4, -0.2) is 77.5 Å². The molecule has 3 heterocycles. The molecule has 2 fully saturated rings. The number of piperidine rings is 2. The Morgan fingerprint density at radius 1 is 0.946 bits per heavy atom. The van der Waals surface area contributed by atoms with Gasteiger partial charge in [0.15, 0.2) is 0 Å². The average molecular weight is 505 g/mol. The zero-order valence-electron chi connectivity index (χ0n) is 21.5. The number of nitrogens with zero attached hydrogens (tertiary/aromatic N) is 3. The predicted octanol–water partition coefficient (Wildman–Crippen LogP) is 3.66. The number of amides is 3. The van der Waals surface area contributed by atoms with Crippen molar-refractivity contribution < 1.29 is 19.1 Å². The molecule has 0 radical (unpaired) electrons. The first-order valence-corrected chi connectivity index (χ1v) is 13.4. The van der Waals surface area contributed by atoms with Crippen molar-refractivity contribution in [1.82, 2.24) is 20.0 Å². The average Bonchev–Trinajstić information content (AvgIpc) is 3.27. The molecule has 0 aliphatic carbocycles. The number of hydrogen-bond donors (Lipinski definition) is 1. The van der Waals surface area contributed by atoms with E-state index in [-0.39, 0.29) is 30.0 Å². The number of carbonyl (C=O) groups excluding carboxylic acids is 3. The maximum Gasteiger partial charge on any atom is 0.409 e. The lowest BCUT2D eigenvalue weighted by Gasteiger charge is -2.36. The summed E-state index contributed by atoms with van der Waals surface area (Å²) >= 11 is 0. The van der Waals surface area contributed by atoms with Gasteiger partial charge in [-0.15, -0.1) is 0 Å². The topological polar surface area (TPSA) is 82.2 Å². The lowest BCUT2D eigenvalue weighted by atomic mass is 10.00. The van der Waals surface area contributed by atoms with E-state index in [9.17, 15) is 14.4 Å². The summed E-state index contributed by atoms with van der Waals surface area (Å²) in [6, 6.07) is 16.2. The largest absolute Gasteiger partial charge is 0.450 e. The van der Waals surface area contributed by atoms with E-state index in [4.69, 9.17) is 4.74 Å². The van der Waals surface area contributed by atoms with Gasteiger partial charge in [0, 0.05) is 51.4 Å². The summed E-state index contributed by atoms with van der Waals surface area (Å²) in [4.78, 5) is 44.8. The molecular weight excluding hydrogens is 468 g/mol. The molecule has 196 valence electrons. The molecule has 8 heteroatoms. The Labute approximate surface area is 218 Å². The maximum absolute atomic E-state index is 13.5. The van der Waals surface area contributed by atoms with Crippen LogP contribution in [0.1, 0.15) is 64.4 Å². The summed E-state index contributed by atoms with van der Waals surface area (Å²) in [6.45, 7) is 6.60. The molecule has 8 nitrogen and oxygen atoms in total. The first-order chi connectivity index (χ1) is 18.0. The van der Waals surface area contributed by atoms with Crippen LogP contribution in [0.15, 0.2) is 48.5 Å². The number of nitrogens with one attached hydrogen (secondary N) is 1. The number of hydrogen-bond acceptors (Lipinski definition) is 5. The summed E-state index contributed by atoms with van der Waals surface area (Å²) in [5, 5.41) is 3.20. The summed E-state index contributed by atoms with van der Waals surface area (Å²) in [6.07, 6.45) is 2.92. The molecule has 5 rings (SSSR count). The molecule has 2 aromatic rings. The van der Waals surface area contributed by atoms with Gasteiger partial charge in [0.25, 0.3) is 11.8 Å². The highest BCUT2D eigenvalue weighted by atomic mass is 16.6. The van der Waals surface area contributed by atoms with Crippen molar-refractivity contribution in [2.75, 3.05) is 32.8 Å². The van der Waals surface area contributed by atoms with Crippen molar-refractivity contribution >= 4 is 17.9 Å². The van der Waals surface area contributed by atoms with E-state index in [2.05, 4.69) is 34.5 Å². The van der Waals surface area contributed by atoms with Crippen LogP contribution < -0.4 is 5.32 Å². The van der Waals surface area contributed by atoms with Crippen molar-refractivity contribution in [3.05, 3.63) is 70.8 Å². The van der Waals surface area contributed by atoms with Gasteiger partial charge in [-0.1, -0.05) is 42.5 Å². The molecule has 3 aliphatic heterocycles. The third kappa shape index (κ3) is 5.64. The van der Waals surface area contributed by atoms with E-state index in [1.54, 1.807) is 17.9 Å². The molecule has 2 aromatic carbocycles. The minimum absolute atomic E-state index is 0.0513. The van der Waals surface area contributed by atoms with Gasteiger partial charge in [-0.25, -0.2) is 4.79 Å². The Balaban J connectivity index is 1.17. The fourth-order valence-corrected chi connectivity index (χ4v) is 5.78. The monoisotopic (exact) mass is 504 g/mol. The molecule has 0 spiro atoms. The Morgan fingerprint density at radius 2 is 1.68 bits per heavy atom. The minimum Gasteiger partial charge on any atom is -0.450 e. The minimum atomic E-state index is -0.290. The Morgan fingerprint density at radius 3 is 2.38 bits per heavy atom. The highest BCUT2D eigenvalue weighted by molar-refractivity contribution is 6.09. The summed E-state index contributed by atoms with van der Waals surface area (Å²) in [7, 11) is 0. The number of benzene rings is 2. The van der Waals surface area contributed by atoms with Gasteiger partial charge in [-0.2, -0.15) is 0 Å². The van der Waals surface area contributed by atoms with Crippen molar-refractivity contribution in [1.29, 1.82) is 0 Å². The second-order valence-electron chi connectivity index (χ2n) is 10.2. The first-order valence-electron chi connectivity index (χ1n) is 13.4. The zero-order valence-corrected chi connectivity index (χ0v) is 21.5. The molecule has 0 unspecified atom stereocenters. The van der Waals surface area contributed by atoms with E-state index in [0.29, 0.717) is 50.2 Å². The van der Waals surface area contributed by atoms with Crippen molar-refractivity contribution in [3.63, 3.8) is 0 Å². The summed E-state index contributed by atoms with van der Waals surface area (Å²) < 4.78 is 5.11. The second-order valence-corrected chi connectivity index (χ2v) is 10.2. The third-order valence-corrected chi connectivity index (χ3v) is 7.81. The van der Waals surface area contributed by atoms with Crippen molar-refractivity contribution in [3.8, 4) is 0 Å². The molecule has 2 saturated heterocycles. The predicted molar refractivity (Wildman–Crippen MR) is 140 cm³/mol. The van der Waals surface area contributed by atoms with Crippen LogP contribution >= 0.6 is 0 Å². The van der Waals surface area contributed by atoms with E-state index >= 15 is 0 Å². The molecule has 0 bridgehead atoms. The number of likely N-dealkylation sites (tertiary alicyclic amines) is 2. The quantitative estimate of drug-likeness (QED) is 0.649. The number of ether oxygens (including phenoxy) is 1. The van der Waals surface area contributed by atoms with E-state index in [0.717, 1.165) is 38.0 Å². The standard InChI is InChI=1S/C29H36N4O4/c1-2-37-29(36)32-17-13-24(14-18-32)33-20-22-9-6-10-25(26(22)28(33)35)27(34)30-23-11-15-31(16-12-23)19-21-7-4-3-5-8-21/h3-10,23-24H,2,11-20H2,1H3,(H,30,34). The number of fused-ring (bicyclic) bond motifs is 1. The molecule has 1 N–H and O–H groups in total. The van der Waals surface area contributed by atoms with Crippen LogP contribution in [0.25, 0.3) is 0 Å². The van der Waals surface area contributed by atoms with Gasteiger partial charge in [0.1, 0.15) is 0 Å². The van der Waals surface area contributed by atoms with Crippen LogP contribution in [0.2, 0.25) is 0 Å². The fraction of sp³-hybridized carbons (Fsp3) is 0.483. The smallest absolute Gasteiger partial charge is 0.409 e. The molecule has 0 aromatic heterocycles. The third-order valence-electron chi connectivity index (χ3n) is 7.81. The zero-order chi connectivity index (χ0) is 25.8. The normalized spacial score (nSPS) is 19.1. The van der Waals surface area contributed by atoms with Crippen LogP contribution in [0, 0.1) is 0 Å². The lowest BCUT2D eigenvalue weighted by Crippen LogP contribution is -2.47. The van der Waals surface area contributed by atoms with E-state index in [1.165, 1.54) is 5.56 Å². The SMILES string of the molecule is CCOC(=O)N1CCC(N2Cc3cccc(C(=O)NC4CCN(Cc5ccccc5)CC4)c3C2=O)CC1. The number of carbonyl (C=O) groups is 3. The summed E-state index contributed by atoms with van der Waals surface area (Å²) in [5.74, 6) is -0.237. The highest BCUT2D eigenvalue weighted by Crippen LogP contribution is 2.31. The summed E-state index contributed by atoms with van der Waals surface area (Å²) in [5.41, 5.74) is 3.22. The van der Waals surface area contributed by atoms with Crippen molar-refractivity contribution in [2.24, 2.45) is 0 Å². The van der Waals surface area contributed by atoms with Crippen LogP contribution in [0.5, 0.6) is 0 Å². The maximum atomic E-state index is 13.5. The molecule has 3 amide bonds. The van der Waals surface area contributed by atoms with Crippen LogP contribution in [0.3, 0.4) is 0 Å². The van der Waals surface area contributed by atoms with Gasteiger partial charge in [-0.05, 0) is 49.8 Å². The number of rotatable bonds is 6. The van der Waals surface area contributed by atoms with E-state index in [1.807, 2.05) is 23.1 Å². The van der Waals surface area contributed by atoms with Gasteiger partial charge in [0.2, 0.25) is 0 Å². The molecule has 37 heavy (non-hydrogen) atoms. The van der Waals surface area contributed by atoms with E-state index < -0.39 is 0 Å². The van der Waals surface area contributed by atoms with Gasteiger partial charge >= 0.3 is 6.09 Å². The van der Waals surface area contributed by atoms with Gasteiger partial charge in [-0.3, -0.25) is 14.5 Å². The van der Waals surface area contributed by atoms with Crippen LogP contribution in [-0.2, 0) is 17.8 Å². The Bertz CT molecular complexity index is 1120. The van der Waals surface area contributed by atoms with Gasteiger partial charge < -0.3 is 19.9 Å². The molecule has 0 saturated carbocycles. The van der Waals surface area contributed by atoms with Gasteiger partial charge in [0.05, 0.1) is 17.7 Å². The second kappa shape index (κ2) is 11.3. The molecular formula is C29H36N4O4. The highest BCUT2D eigenvalue weighted by Gasteiger charge is 2.38. The van der Waals surface area contributed by atoms with Crippen LogP contribution in [0.4, 0.5) is 4.79 Å². The fourth-order valence-electron chi connectivity index (χ4n) is 5.78. The Kier molecular flexibility index (Phi) is 7.74. The first kappa shape index (κ1) is 25.3. The lowest BCUT2D eigenvalue weighted by molar-refractivity contribution is 0.0556.